The van der Waals surface area contributed by atoms with Crippen molar-refractivity contribution in [3.8, 4) is 0 Å². The smallest absolute Gasteiger partial charge is 0.435 e. The van der Waals surface area contributed by atoms with E-state index in [1.165, 1.54) is 0 Å². The molecule has 19 heavy (non-hydrogen) atoms. The maximum Gasteiger partial charge on any atom is 0.435 e. The summed E-state index contributed by atoms with van der Waals surface area (Å²) < 4.78 is 5.24. The summed E-state index contributed by atoms with van der Waals surface area (Å²) in [4.78, 5) is 21.3. The van der Waals surface area contributed by atoms with Crippen molar-refractivity contribution in [2.75, 3.05) is 0 Å². The van der Waals surface area contributed by atoms with Gasteiger partial charge in [0.05, 0.1) is 5.69 Å². The molecule has 1 unspecified atom stereocenters. The fourth-order valence-corrected chi connectivity index (χ4v) is 1.83. The molecule has 2 atom stereocenters. The summed E-state index contributed by atoms with van der Waals surface area (Å²) >= 11 is 0. The standard InChI is InChI=1S/C13H18N2O4/c1-13(2,3)18-12(17)15-10(8-11(16)19-15)9-6-4-5-7-14-9/h4-7,10-11,16H,8H2,1-3H3/t10-,11?/m0/s1. The summed E-state index contributed by atoms with van der Waals surface area (Å²) in [5.41, 5.74) is 0.0350. The van der Waals surface area contributed by atoms with Crippen LogP contribution in [0.3, 0.4) is 0 Å². The molecule has 1 N–H and O–H groups in total. The molecule has 104 valence electrons. The Kier molecular flexibility index (Phi) is 3.73. The van der Waals surface area contributed by atoms with Crippen LogP contribution in [-0.4, -0.2) is 33.1 Å². The predicted octanol–water partition coefficient (Wildman–Crippen LogP) is 2.01. The van der Waals surface area contributed by atoms with E-state index in [0.29, 0.717) is 5.69 Å². The summed E-state index contributed by atoms with van der Waals surface area (Å²) in [6.45, 7) is 5.31. The molecular formula is C13H18N2O4. The summed E-state index contributed by atoms with van der Waals surface area (Å²) in [6, 6.07) is 4.95. The highest BCUT2D eigenvalue weighted by atomic mass is 16.8. The largest absolute Gasteiger partial charge is 0.442 e. The van der Waals surface area contributed by atoms with Gasteiger partial charge in [-0.3, -0.25) is 4.98 Å². The number of carbonyl (C=O) groups is 1. The zero-order chi connectivity index (χ0) is 14.0. The number of hydroxylamine groups is 2. The molecule has 0 bridgehead atoms. The molecule has 2 rings (SSSR count). The Labute approximate surface area is 111 Å². The minimum absolute atomic E-state index is 0.274. The number of hydrogen-bond acceptors (Lipinski definition) is 5. The third-order valence-electron chi connectivity index (χ3n) is 2.55. The predicted molar refractivity (Wildman–Crippen MR) is 66.8 cm³/mol. The van der Waals surface area contributed by atoms with Gasteiger partial charge < -0.3 is 9.84 Å². The van der Waals surface area contributed by atoms with Crippen LogP contribution >= 0.6 is 0 Å². The third kappa shape index (κ3) is 3.42. The maximum atomic E-state index is 12.0. The first-order chi connectivity index (χ1) is 8.87. The quantitative estimate of drug-likeness (QED) is 0.841. The fraction of sp³-hybridized carbons (Fsp3) is 0.538. The molecule has 0 radical (unpaired) electrons. The van der Waals surface area contributed by atoms with Gasteiger partial charge in [-0.15, -0.1) is 0 Å². The zero-order valence-corrected chi connectivity index (χ0v) is 11.2. The zero-order valence-electron chi connectivity index (χ0n) is 11.2. The average Bonchev–Trinajstić information content (AvgIpc) is 2.70. The molecule has 0 aliphatic carbocycles. The van der Waals surface area contributed by atoms with Gasteiger partial charge in [0.25, 0.3) is 0 Å². The van der Waals surface area contributed by atoms with Crippen molar-refractivity contribution in [1.29, 1.82) is 0 Å². The van der Waals surface area contributed by atoms with Crippen LogP contribution in [0.4, 0.5) is 4.79 Å². The fourth-order valence-electron chi connectivity index (χ4n) is 1.83. The number of ether oxygens (including phenoxy) is 1. The van der Waals surface area contributed by atoms with E-state index in [9.17, 15) is 9.90 Å². The van der Waals surface area contributed by atoms with Gasteiger partial charge in [0.2, 0.25) is 0 Å². The molecule has 1 aliphatic heterocycles. The lowest BCUT2D eigenvalue weighted by Gasteiger charge is -2.26. The van der Waals surface area contributed by atoms with Crippen LogP contribution < -0.4 is 0 Å². The number of amides is 1. The molecule has 6 nitrogen and oxygen atoms in total. The van der Waals surface area contributed by atoms with E-state index < -0.39 is 24.0 Å². The molecule has 6 heteroatoms. The van der Waals surface area contributed by atoms with Crippen LogP contribution in [0.1, 0.15) is 38.9 Å². The monoisotopic (exact) mass is 266 g/mol. The Bertz CT molecular complexity index is 444. The molecular weight excluding hydrogens is 248 g/mol. The van der Waals surface area contributed by atoms with E-state index in [2.05, 4.69) is 4.98 Å². The van der Waals surface area contributed by atoms with Gasteiger partial charge in [-0.05, 0) is 32.9 Å². The van der Waals surface area contributed by atoms with Crippen LogP contribution in [-0.2, 0) is 9.57 Å². The number of pyridine rings is 1. The lowest BCUT2D eigenvalue weighted by molar-refractivity contribution is -0.207. The maximum absolute atomic E-state index is 12.0. The van der Waals surface area contributed by atoms with Crippen LogP contribution in [0, 0.1) is 0 Å². The van der Waals surface area contributed by atoms with Crippen LogP contribution in [0.2, 0.25) is 0 Å². The Morgan fingerprint density at radius 3 is 2.84 bits per heavy atom. The second-order valence-electron chi connectivity index (χ2n) is 5.37. The van der Waals surface area contributed by atoms with Crippen molar-refractivity contribution in [1.82, 2.24) is 10.0 Å². The highest BCUT2D eigenvalue weighted by Gasteiger charge is 2.40. The van der Waals surface area contributed by atoms with E-state index >= 15 is 0 Å². The third-order valence-corrected chi connectivity index (χ3v) is 2.55. The average molecular weight is 266 g/mol. The van der Waals surface area contributed by atoms with E-state index in [1.807, 2.05) is 6.07 Å². The number of hydrogen-bond donors (Lipinski definition) is 1. The van der Waals surface area contributed by atoms with Gasteiger partial charge in [-0.25, -0.2) is 9.63 Å². The molecule has 1 saturated heterocycles. The number of aliphatic hydroxyl groups is 1. The highest BCUT2D eigenvalue weighted by Crippen LogP contribution is 2.33. The minimum Gasteiger partial charge on any atom is -0.442 e. The van der Waals surface area contributed by atoms with E-state index in [1.54, 1.807) is 39.1 Å². The Morgan fingerprint density at radius 2 is 2.26 bits per heavy atom. The number of nitrogens with zero attached hydrogens (tertiary/aromatic N) is 2. The summed E-state index contributed by atoms with van der Waals surface area (Å²) in [6.07, 6.45) is 0.253. The number of rotatable bonds is 1. The topological polar surface area (TPSA) is 71.9 Å². The number of aliphatic hydroxyl groups excluding tert-OH is 1. The van der Waals surface area contributed by atoms with E-state index in [4.69, 9.17) is 9.57 Å². The van der Waals surface area contributed by atoms with E-state index in [-0.39, 0.29) is 6.42 Å². The lowest BCUT2D eigenvalue weighted by atomic mass is 10.1. The summed E-state index contributed by atoms with van der Waals surface area (Å²) in [7, 11) is 0. The van der Waals surface area contributed by atoms with Crippen molar-refractivity contribution in [2.45, 2.75) is 45.1 Å². The van der Waals surface area contributed by atoms with Crippen molar-refractivity contribution in [2.24, 2.45) is 0 Å². The lowest BCUT2D eigenvalue weighted by Crippen LogP contribution is -2.36. The van der Waals surface area contributed by atoms with Gasteiger partial charge in [-0.1, -0.05) is 6.07 Å². The van der Waals surface area contributed by atoms with Gasteiger partial charge in [0, 0.05) is 12.6 Å². The Hall–Kier alpha value is -1.66. The molecule has 1 amide bonds. The Morgan fingerprint density at radius 1 is 1.53 bits per heavy atom. The second-order valence-corrected chi connectivity index (χ2v) is 5.37. The SMILES string of the molecule is CC(C)(C)OC(=O)N1OC(O)C[C@H]1c1ccccn1. The first-order valence-electron chi connectivity index (χ1n) is 6.15. The van der Waals surface area contributed by atoms with Crippen LogP contribution in [0.25, 0.3) is 0 Å². The van der Waals surface area contributed by atoms with Crippen LogP contribution in [0.15, 0.2) is 24.4 Å². The summed E-state index contributed by atoms with van der Waals surface area (Å²) in [5.74, 6) is 0. The van der Waals surface area contributed by atoms with Crippen molar-refractivity contribution in [3.63, 3.8) is 0 Å². The second kappa shape index (κ2) is 5.14. The van der Waals surface area contributed by atoms with Gasteiger partial charge in [-0.2, -0.15) is 5.06 Å². The van der Waals surface area contributed by atoms with Crippen molar-refractivity contribution in [3.05, 3.63) is 30.1 Å². The van der Waals surface area contributed by atoms with Crippen molar-refractivity contribution < 1.29 is 19.5 Å². The number of carbonyl (C=O) groups excluding carboxylic acids is 1. The number of aromatic nitrogens is 1. The van der Waals surface area contributed by atoms with Gasteiger partial charge in [0.15, 0.2) is 6.29 Å². The molecule has 1 fully saturated rings. The summed E-state index contributed by atoms with van der Waals surface area (Å²) in [5, 5.41) is 10.6. The molecule has 1 aliphatic rings. The van der Waals surface area contributed by atoms with Crippen LogP contribution in [0.5, 0.6) is 0 Å². The molecule has 1 aromatic heterocycles. The van der Waals surface area contributed by atoms with Gasteiger partial charge in [0.1, 0.15) is 11.6 Å². The Balaban J connectivity index is 2.16. The molecule has 0 spiro atoms. The molecule has 0 aromatic carbocycles. The first-order valence-corrected chi connectivity index (χ1v) is 6.15. The normalized spacial score (nSPS) is 23.5. The van der Waals surface area contributed by atoms with Gasteiger partial charge >= 0.3 is 6.09 Å². The molecule has 1 aromatic rings. The molecule has 0 saturated carbocycles. The molecule has 2 heterocycles. The van der Waals surface area contributed by atoms with Crippen molar-refractivity contribution >= 4 is 6.09 Å². The highest BCUT2D eigenvalue weighted by molar-refractivity contribution is 5.67. The first kappa shape index (κ1) is 13.8. The minimum atomic E-state index is -1.03. The van der Waals surface area contributed by atoms with E-state index in [0.717, 1.165) is 5.06 Å².